The standard InChI is InChI=1S/C25H30N4O3S2/c1-17-7-9-18(10-8-17)22(23(32)28-25(2,3)4)29(16-19-6-5-14-33-19)21(31)12-11-20(30)27-24-26-13-15-34-24/h5-10,13-15,22H,11-12,16H2,1-4H3,(H,28,32)(H,26,27,30)/t22-/m1/s1. The number of anilines is 1. The Labute approximate surface area is 208 Å². The summed E-state index contributed by atoms with van der Waals surface area (Å²) in [5, 5.41) is 9.93. The van der Waals surface area contributed by atoms with Crippen molar-refractivity contribution in [3.63, 3.8) is 0 Å². The van der Waals surface area contributed by atoms with Crippen LogP contribution in [0.3, 0.4) is 0 Å². The molecule has 2 aromatic heterocycles. The zero-order chi connectivity index (χ0) is 24.7. The number of hydrogen-bond acceptors (Lipinski definition) is 6. The predicted molar refractivity (Wildman–Crippen MR) is 137 cm³/mol. The van der Waals surface area contributed by atoms with Gasteiger partial charge in [-0.15, -0.1) is 22.7 Å². The first kappa shape index (κ1) is 25.6. The fraction of sp³-hybridized carbons (Fsp3) is 0.360. The summed E-state index contributed by atoms with van der Waals surface area (Å²) >= 11 is 2.84. The number of benzene rings is 1. The Morgan fingerprint density at radius 2 is 1.76 bits per heavy atom. The van der Waals surface area contributed by atoms with Crippen LogP contribution >= 0.6 is 22.7 Å². The molecule has 0 spiro atoms. The van der Waals surface area contributed by atoms with E-state index in [2.05, 4.69) is 15.6 Å². The van der Waals surface area contributed by atoms with Gasteiger partial charge < -0.3 is 15.5 Å². The Bertz CT molecular complexity index is 1090. The van der Waals surface area contributed by atoms with Crippen LogP contribution in [0.25, 0.3) is 0 Å². The van der Waals surface area contributed by atoms with Crippen LogP contribution in [0.1, 0.15) is 55.7 Å². The van der Waals surface area contributed by atoms with Crippen LogP contribution in [0.4, 0.5) is 5.13 Å². The number of nitrogens with one attached hydrogen (secondary N) is 2. The maximum atomic E-state index is 13.5. The van der Waals surface area contributed by atoms with Gasteiger partial charge >= 0.3 is 0 Å². The van der Waals surface area contributed by atoms with E-state index in [1.165, 1.54) is 22.7 Å². The number of thiophene rings is 1. The summed E-state index contributed by atoms with van der Waals surface area (Å²) in [6.07, 6.45) is 1.59. The molecule has 3 amide bonds. The maximum Gasteiger partial charge on any atom is 0.247 e. The second kappa shape index (κ2) is 11.4. The second-order valence-corrected chi connectivity index (χ2v) is 11.0. The minimum atomic E-state index is -0.823. The highest BCUT2D eigenvalue weighted by molar-refractivity contribution is 7.13. The number of amides is 3. The summed E-state index contributed by atoms with van der Waals surface area (Å²) in [6.45, 7) is 7.98. The molecule has 2 heterocycles. The third-order valence-corrected chi connectivity index (χ3v) is 6.47. The molecule has 0 aliphatic carbocycles. The molecular weight excluding hydrogens is 468 g/mol. The fourth-order valence-corrected chi connectivity index (χ4v) is 4.63. The molecule has 3 rings (SSSR count). The zero-order valence-electron chi connectivity index (χ0n) is 19.8. The molecular formula is C25H30N4O3S2. The van der Waals surface area contributed by atoms with Gasteiger partial charge in [0, 0.05) is 34.8 Å². The van der Waals surface area contributed by atoms with Gasteiger partial charge in [0.1, 0.15) is 6.04 Å². The van der Waals surface area contributed by atoms with Gasteiger partial charge in [0.05, 0.1) is 6.54 Å². The third-order valence-electron chi connectivity index (χ3n) is 4.92. The molecule has 3 aromatic rings. The monoisotopic (exact) mass is 498 g/mol. The minimum absolute atomic E-state index is 0.000855. The molecule has 1 atom stereocenters. The highest BCUT2D eigenvalue weighted by Gasteiger charge is 2.33. The van der Waals surface area contributed by atoms with Crippen LogP contribution in [-0.4, -0.2) is 33.1 Å². The predicted octanol–water partition coefficient (Wildman–Crippen LogP) is 4.92. The number of carbonyl (C=O) groups is 3. The average Bonchev–Trinajstić information content (AvgIpc) is 3.46. The molecule has 0 aliphatic heterocycles. The molecule has 0 aliphatic rings. The number of carbonyl (C=O) groups excluding carboxylic acids is 3. The van der Waals surface area contributed by atoms with Crippen LogP contribution < -0.4 is 10.6 Å². The van der Waals surface area contributed by atoms with E-state index < -0.39 is 11.6 Å². The van der Waals surface area contributed by atoms with Gasteiger partial charge in [-0.25, -0.2) is 4.98 Å². The summed E-state index contributed by atoms with van der Waals surface area (Å²) in [5.74, 6) is -0.809. The first-order valence-corrected chi connectivity index (χ1v) is 12.8. The molecule has 7 nitrogen and oxygen atoms in total. The quantitative estimate of drug-likeness (QED) is 0.438. The van der Waals surface area contributed by atoms with Crippen molar-refractivity contribution in [2.75, 3.05) is 5.32 Å². The van der Waals surface area contributed by atoms with Crippen LogP contribution in [0, 0.1) is 6.92 Å². The van der Waals surface area contributed by atoms with Gasteiger partial charge in [-0.1, -0.05) is 35.9 Å². The SMILES string of the molecule is Cc1ccc([C@H](C(=O)NC(C)(C)C)N(Cc2cccs2)C(=O)CCC(=O)Nc2nccs2)cc1. The molecule has 0 unspecified atom stereocenters. The van der Waals surface area contributed by atoms with E-state index in [0.717, 1.165) is 16.0 Å². The number of thiazole rings is 1. The van der Waals surface area contributed by atoms with Crippen molar-refractivity contribution in [1.82, 2.24) is 15.2 Å². The van der Waals surface area contributed by atoms with Crippen molar-refractivity contribution in [3.05, 3.63) is 69.4 Å². The third kappa shape index (κ3) is 7.50. The van der Waals surface area contributed by atoms with Gasteiger partial charge in [-0.05, 0) is 44.7 Å². The number of nitrogens with zero attached hydrogens (tertiary/aromatic N) is 2. The lowest BCUT2D eigenvalue weighted by molar-refractivity contribution is -0.142. The Kier molecular flexibility index (Phi) is 8.57. The van der Waals surface area contributed by atoms with Gasteiger partial charge in [0.2, 0.25) is 17.7 Å². The largest absolute Gasteiger partial charge is 0.349 e. The first-order valence-electron chi connectivity index (χ1n) is 11.0. The van der Waals surface area contributed by atoms with E-state index in [-0.39, 0.29) is 37.1 Å². The van der Waals surface area contributed by atoms with E-state index in [1.54, 1.807) is 16.5 Å². The summed E-state index contributed by atoms with van der Waals surface area (Å²) < 4.78 is 0. The molecule has 1 aromatic carbocycles. The van der Waals surface area contributed by atoms with Crippen LogP contribution in [0.15, 0.2) is 53.4 Å². The molecule has 0 bridgehead atoms. The maximum absolute atomic E-state index is 13.5. The van der Waals surface area contributed by atoms with Gasteiger partial charge in [-0.2, -0.15) is 0 Å². The molecule has 34 heavy (non-hydrogen) atoms. The van der Waals surface area contributed by atoms with Gasteiger partial charge in [0.25, 0.3) is 0 Å². The Hall–Kier alpha value is -3.04. The number of aryl methyl sites for hydroxylation is 1. The Balaban J connectivity index is 1.87. The van der Waals surface area contributed by atoms with E-state index >= 15 is 0 Å². The molecule has 0 fully saturated rings. The molecule has 0 saturated carbocycles. The van der Waals surface area contributed by atoms with Crippen LogP contribution in [0.5, 0.6) is 0 Å². The van der Waals surface area contributed by atoms with Crippen molar-refractivity contribution in [3.8, 4) is 0 Å². The second-order valence-electron chi connectivity index (χ2n) is 9.04. The smallest absolute Gasteiger partial charge is 0.247 e. The van der Waals surface area contributed by atoms with Crippen LogP contribution in [-0.2, 0) is 20.9 Å². The van der Waals surface area contributed by atoms with E-state index in [4.69, 9.17) is 0 Å². The fourth-order valence-electron chi connectivity index (χ4n) is 3.38. The van der Waals surface area contributed by atoms with Crippen molar-refractivity contribution >= 4 is 45.5 Å². The van der Waals surface area contributed by atoms with Crippen molar-refractivity contribution in [2.45, 2.75) is 58.7 Å². The highest BCUT2D eigenvalue weighted by atomic mass is 32.1. The lowest BCUT2D eigenvalue weighted by Crippen LogP contribution is -2.49. The molecule has 9 heteroatoms. The lowest BCUT2D eigenvalue weighted by Gasteiger charge is -2.33. The summed E-state index contributed by atoms with van der Waals surface area (Å²) in [5.41, 5.74) is 1.32. The number of hydrogen-bond donors (Lipinski definition) is 2. The average molecular weight is 499 g/mol. The first-order chi connectivity index (χ1) is 16.1. The highest BCUT2D eigenvalue weighted by Crippen LogP contribution is 2.27. The molecule has 2 N–H and O–H groups in total. The summed E-state index contributed by atoms with van der Waals surface area (Å²) in [7, 11) is 0. The van der Waals surface area contributed by atoms with Crippen molar-refractivity contribution in [2.24, 2.45) is 0 Å². The molecule has 180 valence electrons. The van der Waals surface area contributed by atoms with Gasteiger partial charge in [0.15, 0.2) is 5.13 Å². The van der Waals surface area contributed by atoms with E-state index in [1.807, 2.05) is 69.5 Å². The Morgan fingerprint density at radius 1 is 1.03 bits per heavy atom. The zero-order valence-corrected chi connectivity index (χ0v) is 21.5. The number of rotatable bonds is 9. The summed E-state index contributed by atoms with van der Waals surface area (Å²) in [6, 6.07) is 10.7. The van der Waals surface area contributed by atoms with Gasteiger partial charge in [-0.3, -0.25) is 14.4 Å². The minimum Gasteiger partial charge on any atom is -0.349 e. The van der Waals surface area contributed by atoms with Crippen molar-refractivity contribution < 1.29 is 14.4 Å². The van der Waals surface area contributed by atoms with Crippen molar-refractivity contribution in [1.29, 1.82) is 0 Å². The molecule has 0 radical (unpaired) electrons. The molecule has 0 saturated heterocycles. The summed E-state index contributed by atoms with van der Waals surface area (Å²) in [4.78, 5) is 45.9. The number of aromatic nitrogens is 1. The van der Waals surface area contributed by atoms with E-state index in [9.17, 15) is 14.4 Å². The van der Waals surface area contributed by atoms with Crippen LogP contribution in [0.2, 0.25) is 0 Å². The normalized spacial score (nSPS) is 12.1. The Morgan fingerprint density at radius 3 is 2.35 bits per heavy atom. The topological polar surface area (TPSA) is 91.4 Å². The van der Waals surface area contributed by atoms with E-state index in [0.29, 0.717) is 5.13 Å². The lowest BCUT2D eigenvalue weighted by atomic mass is 10.00.